The summed E-state index contributed by atoms with van der Waals surface area (Å²) in [6.45, 7) is 3.05. The second-order valence-corrected chi connectivity index (χ2v) is 9.31. The molecule has 1 atom stereocenters. The first-order valence-electron chi connectivity index (χ1n) is 13.0. The number of nitro benzene ring substituents is 1. The third-order valence-corrected chi connectivity index (χ3v) is 6.15. The fraction of sp³-hybridized carbons (Fsp3) is 0.481. The number of carboxylic acid groups (broad SMARTS) is 1. The van der Waals surface area contributed by atoms with Crippen LogP contribution in [0.25, 0.3) is 0 Å². The number of hydrogen-bond acceptors (Lipinski definition) is 6. The lowest BCUT2D eigenvalue weighted by molar-refractivity contribution is -0.385. The molecule has 2 aromatic rings. The highest BCUT2D eigenvalue weighted by Gasteiger charge is 2.56. The van der Waals surface area contributed by atoms with Crippen molar-refractivity contribution in [2.24, 2.45) is 0 Å². The van der Waals surface area contributed by atoms with Crippen LogP contribution < -0.4 is 10.1 Å². The van der Waals surface area contributed by atoms with E-state index < -0.39 is 48.0 Å². The Balaban J connectivity index is 2.04. The van der Waals surface area contributed by atoms with E-state index in [9.17, 15) is 46.8 Å². The maximum absolute atomic E-state index is 13.3. The van der Waals surface area contributed by atoms with Crippen molar-refractivity contribution in [3.8, 4) is 5.75 Å². The third-order valence-electron chi connectivity index (χ3n) is 6.15. The predicted molar refractivity (Wildman–Crippen MR) is 142 cm³/mol. The topological polar surface area (TPSA) is 131 Å². The molecule has 0 spiro atoms. The zero-order valence-corrected chi connectivity index (χ0v) is 23.0. The van der Waals surface area contributed by atoms with E-state index in [1.807, 2.05) is 0 Å². The van der Waals surface area contributed by atoms with Gasteiger partial charge < -0.3 is 24.8 Å². The van der Waals surface area contributed by atoms with Crippen molar-refractivity contribution < 1.29 is 51.0 Å². The molecular weight excluding hydrogens is 573 g/mol. The number of nitrogens with one attached hydrogen (secondary N) is 1. The quantitative estimate of drug-likeness (QED) is 0.101. The summed E-state index contributed by atoms with van der Waals surface area (Å²) in [5.74, 6) is -5.58. The highest BCUT2D eigenvalue weighted by Crippen LogP contribution is 2.39. The molecule has 2 N–H and O–H groups in total. The van der Waals surface area contributed by atoms with Gasteiger partial charge in [-0.25, -0.2) is 9.59 Å². The SMILES string of the molecule is CCOC(Cc1ccc(OCCN(CCCCC(F)(F)C(F)(F)F)C(=O)Nc2ccc(C)c([N+](=O)[O-])c2)cc1)C(=O)O. The molecule has 2 amide bonds. The number of amides is 2. The van der Waals surface area contributed by atoms with Crippen LogP contribution in [-0.2, 0) is 16.0 Å². The number of halogens is 5. The van der Waals surface area contributed by atoms with Crippen molar-refractivity contribution in [2.45, 2.75) is 57.7 Å². The largest absolute Gasteiger partial charge is 0.492 e. The molecule has 15 heteroatoms. The smallest absolute Gasteiger partial charge is 0.453 e. The lowest BCUT2D eigenvalue weighted by Crippen LogP contribution is -2.39. The molecule has 0 saturated heterocycles. The van der Waals surface area contributed by atoms with Crippen LogP contribution in [0.3, 0.4) is 0 Å². The van der Waals surface area contributed by atoms with Crippen molar-refractivity contribution in [1.82, 2.24) is 4.90 Å². The molecule has 0 radical (unpaired) electrons. The number of hydrogen-bond donors (Lipinski definition) is 2. The zero-order valence-electron chi connectivity index (χ0n) is 23.0. The maximum Gasteiger partial charge on any atom is 0.453 e. The number of ether oxygens (including phenoxy) is 2. The number of nitrogens with zero attached hydrogens (tertiary/aromatic N) is 2. The van der Waals surface area contributed by atoms with Gasteiger partial charge in [0.05, 0.1) is 11.5 Å². The Morgan fingerprint density at radius 2 is 1.74 bits per heavy atom. The molecule has 1 unspecified atom stereocenters. The molecule has 0 aromatic heterocycles. The van der Waals surface area contributed by atoms with E-state index in [1.165, 1.54) is 19.1 Å². The summed E-state index contributed by atoms with van der Waals surface area (Å²) in [6.07, 6.45) is -8.70. The van der Waals surface area contributed by atoms with E-state index in [2.05, 4.69) is 5.32 Å². The summed E-state index contributed by atoms with van der Waals surface area (Å²) in [6, 6.07) is 9.68. The molecule has 42 heavy (non-hydrogen) atoms. The number of aryl methyl sites for hydroxylation is 1. The van der Waals surface area contributed by atoms with Gasteiger partial charge in [0.2, 0.25) is 0 Å². The van der Waals surface area contributed by atoms with Gasteiger partial charge in [0, 0.05) is 43.3 Å². The van der Waals surface area contributed by atoms with E-state index >= 15 is 0 Å². The van der Waals surface area contributed by atoms with Crippen molar-refractivity contribution in [3.05, 3.63) is 63.7 Å². The van der Waals surface area contributed by atoms with Crippen molar-refractivity contribution in [2.75, 3.05) is 31.6 Å². The average molecular weight is 606 g/mol. The molecule has 0 aliphatic rings. The Kier molecular flexibility index (Phi) is 12.4. The van der Waals surface area contributed by atoms with Gasteiger partial charge in [-0.05, 0) is 50.5 Å². The monoisotopic (exact) mass is 605 g/mol. The van der Waals surface area contributed by atoms with E-state index in [-0.39, 0.29) is 50.5 Å². The summed E-state index contributed by atoms with van der Waals surface area (Å²) >= 11 is 0. The third kappa shape index (κ3) is 10.4. The van der Waals surface area contributed by atoms with Gasteiger partial charge in [0.25, 0.3) is 5.69 Å². The molecule has 0 fully saturated rings. The Morgan fingerprint density at radius 1 is 1.07 bits per heavy atom. The molecule has 2 aromatic carbocycles. The second-order valence-electron chi connectivity index (χ2n) is 9.31. The molecule has 0 bridgehead atoms. The number of anilines is 1. The zero-order chi connectivity index (χ0) is 31.5. The van der Waals surface area contributed by atoms with Crippen molar-refractivity contribution in [3.63, 3.8) is 0 Å². The van der Waals surface area contributed by atoms with Crippen LogP contribution in [-0.4, -0.2) is 71.4 Å². The van der Waals surface area contributed by atoms with Gasteiger partial charge in [-0.1, -0.05) is 18.2 Å². The Hall–Kier alpha value is -4.01. The highest BCUT2D eigenvalue weighted by molar-refractivity contribution is 5.89. The minimum Gasteiger partial charge on any atom is -0.492 e. The molecule has 0 saturated carbocycles. The van der Waals surface area contributed by atoms with E-state index in [4.69, 9.17) is 9.47 Å². The van der Waals surface area contributed by atoms with Gasteiger partial charge in [-0.15, -0.1) is 0 Å². The first-order valence-corrected chi connectivity index (χ1v) is 13.0. The predicted octanol–water partition coefficient (Wildman–Crippen LogP) is 6.22. The average Bonchev–Trinajstić information content (AvgIpc) is 2.90. The molecule has 2 rings (SSSR count). The van der Waals surface area contributed by atoms with Gasteiger partial charge in [0.15, 0.2) is 6.10 Å². The number of carboxylic acids is 1. The minimum atomic E-state index is -5.68. The Bertz CT molecular complexity index is 1210. The van der Waals surface area contributed by atoms with Crippen LogP contribution in [0.1, 0.15) is 37.3 Å². The molecule has 0 aliphatic carbocycles. The number of carbonyl (C=O) groups is 2. The lowest BCUT2D eigenvalue weighted by atomic mass is 10.1. The minimum absolute atomic E-state index is 0.0871. The van der Waals surface area contributed by atoms with Crippen molar-refractivity contribution in [1.29, 1.82) is 0 Å². The molecule has 232 valence electrons. The van der Waals surface area contributed by atoms with Crippen LogP contribution in [0.4, 0.5) is 38.1 Å². The fourth-order valence-electron chi connectivity index (χ4n) is 3.82. The summed E-state index contributed by atoms with van der Waals surface area (Å²) in [5, 5.41) is 22.9. The number of carbonyl (C=O) groups excluding carboxylic acids is 1. The van der Waals surface area contributed by atoms with Gasteiger partial charge in [-0.2, -0.15) is 22.0 Å². The summed E-state index contributed by atoms with van der Waals surface area (Å²) in [4.78, 5) is 36.0. The number of nitro groups is 1. The number of rotatable bonds is 16. The lowest BCUT2D eigenvalue weighted by Gasteiger charge is -2.24. The van der Waals surface area contributed by atoms with E-state index in [0.29, 0.717) is 16.9 Å². The first kappa shape index (κ1) is 34.2. The van der Waals surface area contributed by atoms with Crippen LogP contribution in [0, 0.1) is 17.0 Å². The molecule has 0 aliphatic heterocycles. The fourth-order valence-corrected chi connectivity index (χ4v) is 3.82. The molecular formula is C27H32F5N3O7. The van der Waals surface area contributed by atoms with Crippen LogP contribution in [0.5, 0.6) is 5.75 Å². The Labute approximate surface area is 238 Å². The number of alkyl halides is 5. The van der Waals surface area contributed by atoms with E-state index in [0.717, 1.165) is 11.0 Å². The standard InChI is InChI=1S/C27H32F5N3O7/c1-3-41-23(24(36)37)16-19-7-10-21(11-8-19)42-15-14-34(13-5-4-12-26(28,29)27(30,31)32)25(38)33-20-9-6-18(2)22(17-20)35(39)40/h6-11,17,23H,3-5,12-16H2,1-2H3,(H,33,38)(H,36,37). The van der Waals surface area contributed by atoms with Crippen LogP contribution >= 0.6 is 0 Å². The summed E-state index contributed by atoms with van der Waals surface area (Å²) in [7, 11) is 0. The van der Waals surface area contributed by atoms with Crippen LogP contribution in [0.2, 0.25) is 0 Å². The van der Waals surface area contributed by atoms with Gasteiger partial charge in [-0.3, -0.25) is 10.1 Å². The highest BCUT2D eigenvalue weighted by atomic mass is 19.4. The van der Waals surface area contributed by atoms with Gasteiger partial charge >= 0.3 is 24.1 Å². The summed E-state index contributed by atoms with van der Waals surface area (Å²) < 4.78 is 74.8. The number of benzene rings is 2. The molecule has 10 nitrogen and oxygen atoms in total. The Morgan fingerprint density at radius 3 is 2.31 bits per heavy atom. The number of urea groups is 1. The second kappa shape index (κ2) is 15.3. The van der Waals surface area contributed by atoms with Crippen LogP contribution in [0.15, 0.2) is 42.5 Å². The summed E-state index contributed by atoms with van der Waals surface area (Å²) in [5.41, 5.74) is 0.883. The maximum atomic E-state index is 13.3. The first-order chi connectivity index (χ1) is 19.6. The number of aliphatic carboxylic acids is 1. The van der Waals surface area contributed by atoms with E-state index in [1.54, 1.807) is 31.2 Å². The van der Waals surface area contributed by atoms with Crippen molar-refractivity contribution >= 4 is 23.4 Å². The molecule has 0 heterocycles. The van der Waals surface area contributed by atoms with Gasteiger partial charge in [0.1, 0.15) is 12.4 Å². The normalized spacial score (nSPS) is 12.5. The number of unbranched alkanes of at least 4 members (excludes halogenated alkanes) is 1.